The fraction of sp³-hybridized carbons (Fsp3) is 0.400. The van der Waals surface area contributed by atoms with Crippen LogP contribution in [0.1, 0.15) is 51.8 Å². The first-order valence-corrected chi connectivity index (χ1v) is 8.14. The molecule has 1 nitrogen and oxygen atoms in total. The minimum atomic E-state index is 0.186. The van der Waals surface area contributed by atoms with Crippen molar-refractivity contribution in [3.05, 3.63) is 65.7 Å². The summed E-state index contributed by atoms with van der Waals surface area (Å²) in [6.07, 6.45) is 1.28. The van der Waals surface area contributed by atoms with E-state index in [1.165, 1.54) is 11.1 Å². The molecular formula is C20H28O. The largest absolute Gasteiger partial charge is 0.485 e. The Morgan fingerprint density at radius 3 is 2.05 bits per heavy atom. The van der Waals surface area contributed by atoms with E-state index in [1.54, 1.807) is 0 Å². The predicted molar refractivity (Wildman–Crippen MR) is 91.8 cm³/mol. The molecule has 1 aliphatic heterocycles. The van der Waals surface area contributed by atoms with Crippen LogP contribution in [0.2, 0.25) is 0 Å². The molecule has 0 fully saturated rings. The van der Waals surface area contributed by atoms with Gasteiger partial charge in [-0.05, 0) is 23.6 Å². The van der Waals surface area contributed by atoms with Crippen LogP contribution in [-0.2, 0) is 6.42 Å². The van der Waals surface area contributed by atoms with Crippen molar-refractivity contribution in [2.24, 2.45) is 5.92 Å². The Bertz CT molecular complexity index is 504. The lowest BCUT2D eigenvalue weighted by molar-refractivity contribution is 0.123. The van der Waals surface area contributed by atoms with Crippen molar-refractivity contribution in [1.82, 2.24) is 0 Å². The zero-order valence-electron chi connectivity index (χ0n) is 14.0. The van der Waals surface area contributed by atoms with Crippen molar-refractivity contribution in [3.8, 4) is 5.75 Å². The van der Waals surface area contributed by atoms with Crippen LogP contribution in [0.4, 0.5) is 0 Å². The van der Waals surface area contributed by atoms with Gasteiger partial charge in [-0.25, -0.2) is 0 Å². The summed E-state index contributed by atoms with van der Waals surface area (Å²) in [7, 11) is 0. The van der Waals surface area contributed by atoms with Crippen molar-refractivity contribution in [3.63, 3.8) is 0 Å². The van der Waals surface area contributed by atoms with Crippen LogP contribution in [0.25, 0.3) is 0 Å². The lowest BCUT2D eigenvalue weighted by Gasteiger charge is -2.31. The van der Waals surface area contributed by atoms with Gasteiger partial charge in [0.2, 0.25) is 0 Å². The highest BCUT2D eigenvalue weighted by atomic mass is 16.5. The minimum absolute atomic E-state index is 0.186. The third kappa shape index (κ3) is 4.35. The van der Waals surface area contributed by atoms with Crippen molar-refractivity contribution in [2.75, 3.05) is 0 Å². The molecule has 0 amide bonds. The molecular weight excluding hydrogens is 256 g/mol. The first-order chi connectivity index (χ1) is 10.3. The molecule has 0 spiro atoms. The van der Waals surface area contributed by atoms with E-state index >= 15 is 0 Å². The Balaban J connectivity index is 0.000000510. The Morgan fingerprint density at radius 2 is 1.38 bits per heavy atom. The molecule has 1 aliphatic rings. The summed E-state index contributed by atoms with van der Waals surface area (Å²) < 4.78 is 6.13. The maximum absolute atomic E-state index is 6.13. The van der Waals surface area contributed by atoms with Gasteiger partial charge in [-0.15, -0.1) is 0 Å². The first-order valence-electron chi connectivity index (χ1n) is 8.14. The van der Waals surface area contributed by atoms with Crippen LogP contribution in [0, 0.1) is 5.92 Å². The van der Waals surface area contributed by atoms with Crippen molar-refractivity contribution in [2.45, 2.75) is 47.1 Å². The molecule has 2 atom stereocenters. The van der Waals surface area contributed by atoms with Crippen LogP contribution in [0.5, 0.6) is 5.75 Å². The molecule has 1 heterocycles. The summed E-state index contributed by atoms with van der Waals surface area (Å²) in [4.78, 5) is 0. The van der Waals surface area contributed by atoms with E-state index < -0.39 is 0 Å². The van der Waals surface area contributed by atoms with Gasteiger partial charge in [-0.3, -0.25) is 0 Å². The van der Waals surface area contributed by atoms with Crippen LogP contribution in [0.3, 0.4) is 0 Å². The summed E-state index contributed by atoms with van der Waals surface area (Å²) in [6.45, 7) is 10.3. The Labute approximate surface area is 130 Å². The molecule has 2 aromatic rings. The number of fused-ring (bicyclic) bond motifs is 1. The zero-order valence-corrected chi connectivity index (χ0v) is 14.0. The Morgan fingerprint density at radius 1 is 0.810 bits per heavy atom. The number of benzene rings is 2. The van der Waals surface area contributed by atoms with Gasteiger partial charge < -0.3 is 4.74 Å². The van der Waals surface area contributed by atoms with Gasteiger partial charge >= 0.3 is 0 Å². The van der Waals surface area contributed by atoms with E-state index in [2.05, 4.69) is 49.4 Å². The van der Waals surface area contributed by atoms with E-state index in [4.69, 9.17) is 4.74 Å². The first kappa shape index (κ1) is 17.3. The number of hydrogen-bond acceptors (Lipinski definition) is 1. The highest BCUT2D eigenvalue weighted by Crippen LogP contribution is 2.38. The molecule has 0 saturated heterocycles. The topological polar surface area (TPSA) is 9.23 Å². The maximum atomic E-state index is 6.13. The normalized spacial score (nSPS) is 18.9. The third-order valence-electron chi connectivity index (χ3n) is 3.41. The highest BCUT2D eigenvalue weighted by molar-refractivity contribution is 5.37. The standard InChI is InChI=1S/C16H16O.2C2H6/c1-12-11-14-9-5-6-10-15(14)17-16(12)13-7-3-2-4-8-13;2*1-2/h2-10,12,16H,11H2,1H3;2*1-2H3/t12-,16-;;/m1../s1. The number of rotatable bonds is 1. The van der Waals surface area contributed by atoms with Gasteiger partial charge in [0.15, 0.2) is 0 Å². The molecule has 0 unspecified atom stereocenters. The monoisotopic (exact) mass is 284 g/mol. The van der Waals surface area contributed by atoms with Crippen LogP contribution in [-0.4, -0.2) is 0 Å². The summed E-state index contributed by atoms with van der Waals surface area (Å²) >= 11 is 0. The fourth-order valence-corrected chi connectivity index (χ4v) is 2.53. The van der Waals surface area contributed by atoms with Gasteiger partial charge in [-0.2, -0.15) is 0 Å². The average Bonchev–Trinajstić information content (AvgIpc) is 2.58. The van der Waals surface area contributed by atoms with Crippen LogP contribution < -0.4 is 4.74 Å². The SMILES string of the molecule is CC.CC.C[C@@H]1Cc2ccccc2O[C@H]1c1ccccc1. The second kappa shape index (κ2) is 9.23. The molecule has 2 aromatic carbocycles. The Hall–Kier alpha value is -1.76. The van der Waals surface area contributed by atoms with E-state index in [9.17, 15) is 0 Å². The van der Waals surface area contributed by atoms with Crippen molar-refractivity contribution in [1.29, 1.82) is 0 Å². The lowest BCUT2D eigenvalue weighted by atomic mass is 9.88. The number of hydrogen-bond donors (Lipinski definition) is 0. The van der Waals surface area contributed by atoms with Gasteiger partial charge in [0.1, 0.15) is 11.9 Å². The van der Waals surface area contributed by atoms with Crippen LogP contribution >= 0.6 is 0 Å². The summed E-state index contributed by atoms with van der Waals surface area (Å²) in [5.41, 5.74) is 2.60. The van der Waals surface area contributed by atoms with Gasteiger partial charge in [-0.1, -0.05) is 83.1 Å². The molecule has 0 aromatic heterocycles. The number of para-hydroxylation sites is 1. The van der Waals surface area contributed by atoms with E-state index in [0.717, 1.165) is 12.2 Å². The second-order valence-corrected chi connectivity index (χ2v) is 4.74. The molecule has 0 radical (unpaired) electrons. The van der Waals surface area contributed by atoms with E-state index in [0.29, 0.717) is 5.92 Å². The Kier molecular flexibility index (Phi) is 7.60. The summed E-state index contributed by atoms with van der Waals surface area (Å²) in [5.74, 6) is 1.56. The molecule has 0 saturated carbocycles. The molecule has 3 rings (SSSR count). The smallest absolute Gasteiger partial charge is 0.127 e. The van der Waals surface area contributed by atoms with Crippen LogP contribution in [0.15, 0.2) is 54.6 Å². The molecule has 0 N–H and O–H groups in total. The van der Waals surface area contributed by atoms with E-state index in [1.807, 2.05) is 39.8 Å². The molecule has 114 valence electrons. The quantitative estimate of drug-likeness (QED) is 0.619. The molecule has 0 bridgehead atoms. The lowest BCUT2D eigenvalue weighted by Crippen LogP contribution is -2.23. The summed E-state index contributed by atoms with van der Waals surface area (Å²) in [6, 6.07) is 18.8. The minimum Gasteiger partial charge on any atom is -0.485 e. The fourth-order valence-electron chi connectivity index (χ4n) is 2.53. The molecule has 1 heteroatoms. The highest BCUT2D eigenvalue weighted by Gasteiger charge is 2.27. The predicted octanol–water partition coefficient (Wildman–Crippen LogP) is 6.05. The maximum Gasteiger partial charge on any atom is 0.127 e. The van der Waals surface area contributed by atoms with Crippen molar-refractivity contribution >= 4 is 0 Å². The van der Waals surface area contributed by atoms with Gasteiger partial charge in [0.05, 0.1) is 0 Å². The second-order valence-electron chi connectivity index (χ2n) is 4.74. The zero-order chi connectivity index (χ0) is 15.7. The molecule has 21 heavy (non-hydrogen) atoms. The summed E-state index contributed by atoms with van der Waals surface area (Å²) in [5, 5.41) is 0. The van der Waals surface area contributed by atoms with Crippen molar-refractivity contribution < 1.29 is 4.74 Å². The van der Waals surface area contributed by atoms with Gasteiger partial charge in [0.25, 0.3) is 0 Å². The average molecular weight is 284 g/mol. The third-order valence-corrected chi connectivity index (χ3v) is 3.41. The molecule has 0 aliphatic carbocycles. The number of ether oxygens (including phenoxy) is 1. The van der Waals surface area contributed by atoms with Gasteiger partial charge in [0, 0.05) is 5.92 Å². The van der Waals surface area contributed by atoms with E-state index in [-0.39, 0.29) is 6.10 Å².